The van der Waals surface area contributed by atoms with Gasteiger partial charge in [0.1, 0.15) is 12.1 Å². The SMILES string of the molecule is C=CCNC(=O)C(=O)C(CCCC)NC(=O)[C@@H]1CCCN1C(=O)[C@@H](NC(=O)N[C@H](CN(CCNC(C)=O)S(=O)O)C(C)(C)C)C1CCCCC1. The molecule has 2 rings (SSSR count). The number of nitrogens with one attached hydrogen (secondary N) is 5. The lowest BCUT2D eigenvalue weighted by Crippen LogP contribution is -2.61. The molecule has 0 radical (unpaired) electrons. The van der Waals surface area contributed by atoms with Gasteiger partial charge in [-0.15, -0.1) is 6.58 Å². The fourth-order valence-corrected chi connectivity index (χ4v) is 6.88. The first kappa shape index (κ1) is 42.8. The first-order valence-corrected chi connectivity index (χ1v) is 18.9. The van der Waals surface area contributed by atoms with Gasteiger partial charge in [0.25, 0.3) is 5.91 Å². The Morgan fingerprint density at radius 3 is 2.26 bits per heavy atom. The van der Waals surface area contributed by atoms with Crippen LogP contribution < -0.4 is 26.6 Å². The van der Waals surface area contributed by atoms with Gasteiger partial charge in [-0.25, -0.2) is 9.00 Å². The van der Waals surface area contributed by atoms with Crippen LogP contribution in [0, 0.1) is 11.3 Å². The summed E-state index contributed by atoms with van der Waals surface area (Å²) in [6.07, 6.45) is 8.27. The van der Waals surface area contributed by atoms with Gasteiger partial charge in [-0.2, -0.15) is 4.31 Å². The molecule has 1 aliphatic carbocycles. The van der Waals surface area contributed by atoms with Gasteiger partial charge in [0.05, 0.1) is 6.04 Å². The van der Waals surface area contributed by atoms with Crippen LogP contribution in [0.1, 0.15) is 98.8 Å². The van der Waals surface area contributed by atoms with Crippen LogP contribution in [0.2, 0.25) is 0 Å². The zero-order valence-corrected chi connectivity index (χ0v) is 31.2. The second-order valence-electron chi connectivity index (χ2n) is 14.3. The predicted octanol–water partition coefficient (Wildman–Crippen LogP) is 1.76. The van der Waals surface area contributed by atoms with E-state index in [0.29, 0.717) is 25.8 Å². The van der Waals surface area contributed by atoms with E-state index in [1.54, 1.807) is 0 Å². The highest BCUT2D eigenvalue weighted by molar-refractivity contribution is 7.76. The zero-order valence-electron chi connectivity index (χ0n) is 30.4. The number of amides is 6. The van der Waals surface area contributed by atoms with Crippen molar-refractivity contribution in [3.05, 3.63) is 12.7 Å². The number of Topliss-reactive ketones (excluding diaryl/α,β-unsaturated/α-hetero) is 1. The Kier molecular flexibility index (Phi) is 18.1. The van der Waals surface area contributed by atoms with Crippen LogP contribution in [-0.4, -0.2) is 110 Å². The molecule has 2 fully saturated rings. The van der Waals surface area contributed by atoms with Crippen LogP contribution in [0.3, 0.4) is 0 Å². The lowest BCUT2D eigenvalue weighted by molar-refractivity contribution is -0.143. The summed E-state index contributed by atoms with van der Waals surface area (Å²) in [7, 11) is 0. The highest BCUT2D eigenvalue weighted by Gasteiger charge is 2.42. The summed E-state index contributed by atoms with van der Waals surface area (Å²) >= 11 is -2.37. The smallest absolute Gasteiger partial charge is 0.315 e. The molecule has 284 valence electrons. The highest BCUT2D eigenvalue weighted by Crippen LogP contribution is 2.30. The molecule has 0 aromatic carbocycles. The van der Waals surface area contributed by atoms with Gasteiger partial charge in [-0.1, -0.05) is 65.9 Å². The van der Waals surface area contributed by atoms with Crippen molar-refractivity contribution in [3.63, 3.8) is 0 Å². The Hall–Kier alpha value is -3.37. The Labute approximate surface area is 299 Å². The topological polar surface area (TPSA) is 206 Å². The van der Waals surface area contributed by atoms with Crippen LogP contribution in [0.4, 0.5) is 4.79 Å². The number of carbonyl (C=O) groups excluding carboxylic acids is 6. The van der Waals surface area contributed by atoms with Crippen molar-refractivity contribution >= 4 is 46.7 Å². The number of nitrogens with zero attached hydrogens (tertiary/aromatic N) is 2. The summed E-state index contributed by atoms with van der Waals surface area (Å²) in [5, 5.41) is 13.6. The molecule has 6 amide bonds. The molecular weight excluding hydrogens is 666 g/mol. The molecule has 16 heteroatoms. The average Bonchev–Trinajstić information content (AvgIpc) is 3.56. The summed E-state index contributed by atoms with van der Waals surface area (Å²) in [5.74, 6) is -2.90. The minimum Gasteiger partial charge on any atom is -0.355 e. The Balaban J connectivity index is 2.25. The maximum absolute atomic E-state index is 14.3. The summed E-state index contributed by atoms with van der Waals surface area (Å²) in [5.41, 5.74) is -0.556. The molecule has 2 unspecified atom stereocenters. The number of urea groups is 1. The number of unbranched alkanes of at least 4 members (excludes halogenated alkanes) is 1. The van der Waals surface area contributed by atoms with Crippen molar-refractivity contribution in [1.82, 2.24) is 35.8 Å². The van der Waals surface area contributed by atoms with Crippen LogP contribution in [0.15, 0.2) is 12.7 Å². The molecule has 0 aromatic heterocycles. The molecule has 1 heterocycles. The number of hydrogen-bond donors (Lipinski definition) is 6. The van der Waals surface area contributed by atoms with E-state index in [4.69, 9.17) is 0 Å². The monoisotopic (exact) mass is 725 g/mol. The van der Waals surface area contributed by atoms with E-state index in [-0.39, 0.29) is 50.3 Å². The normalized spacial score (nSPS) is 19.1. The number of carbonyl (C=O) groups is 6. The maximum Gasteiger partial charge on any atom is 0.315 e. The van der Waals surface area contributed by atoms with Crippen molar-refractivity contribution in [1.29, 1.82) is 0 Å². The third-order valence-corrected chi connectivity index (χ3v) is 10.1. The van der Waals surface area contributed by atoms with E-state index >= 15 is 0 Å². The van der Waals surface area contributed by atoms with Gasteiger partial charge in [0, 0.05) is 45.7 Å². The standard InChI is InChI=1S/C34H59N7O8S/c1-7-9-16-25(29(43)31(45)36-18-8-2)37-30(44)26-17-13-20-41(26)32(46)28(24-14-11-10-12-15-24)39-33(47)38-27(34(4,5)6)22-40(50(48)49)21-19-35-23(3)42/h8,24-28H,2,7,9-22H2,1,3-6H3,(H,35,42)(H,36,45)(H,37,44)(H,48,49)(H2,38,39,47)/t25?,26-,27+,28-/m0/s1. The van der Waals surface area contributed by atoms with Crippen molar-refractivity contribution in [2.45, 2.75) is 123 Å². The van der Waals surface area contributed by atoms with E-state index in [9.17, 15) is 37.5 Å². The fraction of sp³-hybridized carbons (Fsp3) is 0.765. The second kappa shape index (κ2) is 21.1. The first-order valence-electron chi connectivity index (χ1n) is 17.8. The number of ketones is 1. The summed E-state index contributed by atoms with van der Waals surface area (Å²) in [6, 6.07) is -4.07. The van der Waals surface area contributed by atoms with Gasteiger partial charge < -0.3 is 31.5 Å². The zero-order chi connectivity index (χ0) is 37.4. The van der Waals surface area contributed by atoms with E-state index in [1.807, 2.05) is 27.7 Å². The molecule has 1 aliphatic heterocycles. The Morgan fingerprint density at radius 1 is 1.00 bits per heavy atom. The van der Waals surface area contributed by atoms with Crippen molar-refractivity contribution in [2.75, 3.05) is 32.7 Å². The molecule has 0 bridgehead atoms. The van der Waals surface area contributed by atoms with Crippen molar-refractivity contribution in [3.8, 4) is 0 Å². The minimum atomic E-state index is -2.37. The average molecular weight is 726 g/mol. The van der Waals surface area contributed by atoms with E-state index < -0.39 is 64.5 Å². The third-order valence-electron chi connectivity index (χ3n) is 9.32. The quantitative estimate of drug-likeness (QED) is 0.0656. The van der Waals surface area contributed by atoms with Gasteiger partial charge in [-0.05, 0) is 43.4 Å². The maximum atomic E-state index is 14.3. The van der Waals surface area contributed by atoms with E-state index in [1.165, 1.54) is 22.2 Å². The Morgan fingerprint density at radius 2 is 1.68 bits per heavy atom. The minimum absolute atomic E-state index is 0.000438. The number of likely N-dealkylation sites (tertiary alicyclic amines) is 1. The number of hydrogen-bond acceptors (Lipinski definition) is 7. The second-order valence-corrected chi connectivity index (χ2v) is 15.2. The first-order chi connectivity index (χ1) is 23.6. The predicted molar refractivity (Wildman–Crippen MR) is 191 cm³/mol. The summed E-state index contributed by atoms with van der Waals surface area (Å²) < 4.78 is 23.3. The number of rotatable bonds is 19. The summed E-state index contributed by atoms with van der Waals surface area (Å²) in [4.78, 5) is 79.7. The van der Waals surface area contributed by atoms with Gasteiger partial charge >= 0.3 is 6.03 Å². The molecule has 1 saturated heterocycles. The molecular formula is C34H59N7O8S. The van der Waals surface area contributed by atoms with Gasteiger partial charge in [0.2, 0.25) is 34.8 Å². The molecule has 0 aromatic rings. The third kappa shape index (κ3) is 13.7. The van der Waals surface area contributed by atoms with Crippen LogP contribution >= 0.6 is 0 Å². The van der Waals surface area contributed by atoms with Crippen LogP contribution in [-0.2, 0) is 35.2 Å². The van der Waals surface area contributed by atoms with Crippen molar-refractivity contribution < 1.29 is 37.5 Å². The van der Waals surface area contributed by atoms with E-state index in [2.05, 4.69) is 33.2 Å². The van der Waals surface area contributed by atoms with Crippen LogP contribution in [0.5, 0.6) is 0 Å². The van der Waals surface area contributed by atoms with Gasteiger partial charge in [-0.3, -0.25) is 28.5 Å². The summed E-state index contributed by atoms with van der Waals surface area (Å²) in [6.45, 7) is 13.1. The fourth-order valence-electron chi connectivity index (χ4n) is 6.36. The molecule has 5 atom stereocenters. The molecule has 0 spiro atoms. The molecule has 6 N–H and O–H groups in total. The molecule has 2 aliphatic rings. The largest absolute Gasteiger partial charge is 0.355 e. The molecule has 1 saturated carbocycles. The van der Waals surface area contributed by atoms with E-state index in [0.717, 1.165) is 38.5 Å². The van der Waals surface area contributed by atoms with Crippen molar-refractivity contribution in [2.24, 2.45) is 11.3 Å². The highest BCUT2D eigenvalue weighted by atomic mass is 32.2. The lowest BCUT2D eigenvalue weighted by atomic mass is 9.83. The lowest BCUT2D eigenvalue weighted by Gasteiger charge is -2.37. The Bertz CT molecular complexity index is 1220. The van der Waals surface area contributed by atoms with Gasteiger partial charge in [0.15, 0.2) is 0 Å². The molecule has 15 nitrogen and oxygen atoms in total. The van der Waals surface area contributed by atoms with Crippen LogP contribution in [0.25, 0.3) is 0 Å². The molecule has 50 heavy (non-hydrogen) atoms.